The Balaban J connectivity index is 2.58. The fourth-order valence-electron chi connectivity index (χ4n) is 9.44. The number of aliphatic hydroxyl groups is 5. The molecule has 0 spiro atoms. The monoisotopic (exact) mass is 1120 g/mol. The highest BCUT2D eigenvalue weighted by Crippen LogP contribution is 2.26. The molecule has 458 valence electrons. The first-order valence-electron chi connectivity index (χ1n) is 32.2. The quantitative estimate of drug-likeness (QED) is 0.0149. The van der Waals surface area contributed by atoms with E-state index in [0.29, 0.717) is 12.8 Å². The van der Waals surface area contributed by atoms with E-state index in [1.165, 1.54) is 83.5 Å². The predicted octanol–water partition coefficient (Wildman–Crippen LogP) is 15.7. The van der Waals surface area contributed by atoms with Gasteiger partial charge >= 0.3 is 5.97 Å². The maximum Gasteiger partial charge on any atom is 0.306 e. The molecule has 1 saturated heterocycles. The number of carbonyl (C=O) groups excluding carboxylic acids is 2. The van der Waals surface area contributed by atoms with Crippen molar-refractivity contribution < 1.29 is 49.3 Å². The molecule has 8 atom stereocenters. The van der Waals surface area contributed by atoms with E-state index < -0.39 is 67.4 Å². The van der Waals surface area contributed by atoms with Gasteiger partial charge in [-0.15, -0.1) is 0 Å². The molecular weight excluding hydrogens is 1000 g/mol. The molecule has 1 aliphatic heterocycles. The minimum absolute atomic E-state index is 0.111. The molecule has 1 amide bonds. The molecule has 0 saturated carbocycles. The first kappa shape index (κ1) is 74.3. The number of hydrogen-bond donors (Lipinski definition) is 6. The summed E-state index contributed by atoms with van der Waals surface area (Å²) >= 11 is 0. The summed E-state index contributed by atoms with van der Waals surface area (Å²) in [6.45, 7) is 5.51. The molecule has 8 unspecified atom stereocenters. The molecule has 0 aromatic rings. The van der Waals surface area contributed by atoms with Crippen LogP contribution in [0.2, 0.25) is 0 Å². The largest absolute Gasteiger partial charge is 0.454 e. The Morgan fingerprint density at radius 1 is 0.512 bits per heavy atom. The summed E-state index contributed by atoms with van der Waals surface area (Å²) < 4.78 is 17.6. The highest BCUT2D eigenvalue weighted by molar-refractivity contribution is 5.80. The zero-order chi connectivity index (χ0) is 58.2. The summed E-state index contributed by atoms with van der Waals surface area (Å²) in [4.78, 5) is 26.5. The number of ether oxygens (including phenoxy) is 3. The number of esters is 1. The van der Waals surface area contributed by atoms with Crippen molar-refractivity contribution in [3.63, 3.8) is 0 Å². The summed E-state index contributed by atoms with van der Waals surface area (Å²) in [6.07, 6.45) is 65.7. The number of hydrogen-bond acceptors (Lipinski definition) is 10. The standard InChI is InChI=1S/C69H117NO10/c1-4-7-10-13-16-19-22-25-26-27-28-29-30-31-32-33-34-35-36-37-38-39-42-45-48-51-54-57-64(74)80-67-66(76)65(75)63(58-71)79-69(67)78-59-60(61(72)55-52-49-46-43-40-23-20-17-14-11-8-5-2)70-68(77)62(73)56-53-50-47-44-41-24-21-18-15-12-9-6-3/h7,9-10,12,15-16,18-19,21,24-26,28-29,31-32,52,55,60-63,65-67,69,71-73,75-76H,4-6,8,11,13-14,17,20,22-23,27,30,33-51,53-54,56-59H2,1-3H3,(H,70,77)/b10-7-,12-9+,18-15+,19-16-,24-21-,26-25-,29-28-,32-31-,55-52+. The molecule has 11 heteroatoms. The zero-order valence-electron chi connectivity index (χ0n) is 50.7. The number of aliphatic hydroxyl groups excluding tert-OH is 5. The normalized spacial score (nSPS) is 19.5. The van der Waals surface area contributed by atoms with Crippen LogP contribution in [-0.4, -0.2) is 99.6 Å². The number of carbonyl (C=O) groups is 2. The molecular formula is C69H117NO10. The molecule has 0 radical (unpaired) electrons. The van der Waals surface area contributed by atoms with Gasteiger partial charge in [-0.25, -0.2) is 0 Å². The van der Waals surface area contributed by atoms with Crippen LogP contribution >= 0.6 is 0 Å². The first-order valence-corrected chi connectivity index (χ1v) is 32.2. The van der Waals surface area contributed by atoms with Crippen molar-refractivity contribution in [3.05, 3.63) is 109 Å². The van der Waals surface area contributed by atoms with Crippen molar-refractivity contribution in [1.29, 1.82) is 0 Å². The van der Waals surface area contributed by atoms with Crippen LogP contribution in [0.5, 0.6) is 0 Å². The van der Waals surface area contributed by atoms with Crippen LogP contribution in [0, 0.1) is 0 Å². The minimum Gasteiger partial charge on any atom is -0.454 e. The van der Waals surface area contributed by atoms with Gasteiger partial charge in [0.2, 0.25) is 5.91 Å². The number of amides is 1. The molecule has 11 nitrogen and oxygen atoms in total. The Hall–Kier alpha value is -3.68. The van der Waals surface area contributed by atoms with E-state index in [2.05, 4.69) is 99.0 Å². The molecule has 0 aromatic heterocycles. The zero-order valence-corrected chi connectivity index (χ0v) is 50.7. The summed E-state index contributed by atoms with van der Waals surface area (Å²) in [5.74, 6) is -1.22. The molecule has 1 fully saturated rings. The van der Waals surface area contributed by atoms with Gasteiger partial charge in [0.15, 0.2) is 12.4 Å². The van der Waals surface area contributed by atoms with E-state index in [4.69, 9.17) is 14.2 Å². The molecule has 1 heterocycles. The number of nitrogens with one attached hydrogen (secondary N) is 1. The van der Waals surface area contributed by atoms with E-state index in [1.807, 2.05) is 30.4 Å². The smallest absolute Gasteiger partial charge is 0.306 e. The molecule has 6 N–H and O–H groups in total. The molecule has 0 bridgehead atoms. The van der Waals surface area contributed by atoms with Crippen LogP contribution in [0.1, 0.15) is 252 Å². The van der Waals surface area contributed by atoms with Crippen LogP contribution < -0.4 is 5.32 Å². The van der Waals surface area contributed by atoms with Crippen LogP contribution in [0.15, 0.2) is 109 Å². The fourth-order valence-corrected chi connectivity index (χ4v) is 9.44. The molecule has 1 rings (SSSR count). The summed E-state index contributed by atoms with van der Waals surface area (Å²) in [5, 5.41) is 56.9. The molecule has 80 heavy (non-hydrogen) atoms. The van der Waals surface area contributed by atoms with E-state index >= 15 is 0 Å². The second kappa shape index (κ2) is 55.8. The Kier molecular flexibility index (Phi) is 51.9. The second-order valence-corrected chi connectivity index (χ2v) is 21.8. The Bertz CT molecular complexity index is 1710. The predicted molar refractivity (Wildman–Crippen MR) is 333 cm³/mol. The van der Waals surface area contributed by atoms with Gasteiger partial charge in [-0.3, -0.25) is 9.59 Å². The third-order valence-electron chi connectivity index (χ3n) is 14.5. The Morgan fingerprint density at radius 2 is 0.963 bits per heavy atom. The van der Waals surface area contributed by atoms with Gasteiger partial charge in [0, 0.05) is 6.42 Å². The van der Waals surface area contributed by atoms with Crippen molar-refractivity contribution in [2.24, 2.45) is 0 Å². The van der Waals surface area contributed by atoms with Crippen molar-refractivity contribution in [1.82, 2.24) is 5.32 Å². The molecule has 1 aliphatic rings. The van der Waals surface area contributed by atoms with E-state index in [-0.39, 0.29) is 19.4 Å². The maximum atomic E-state index is 13.4. The molecule has 0 aromatic carbocycles. The van der Waals surface area contributed by atoms with Crippen LogP contribution in [0.25, 0.3) is 0 Å². The van der Waals surface area contributed by atoms with Crippen LogP contribution in [0.4, 0.5) is 0 Å². The van der Waals surface area contributed by atoms with E-state index in [0.717, 1.165) is 122 Å². The van der Waals surface area contributed by atoms with Crippen molar-refractivity contribution in [2.75, 3.05) is 13.2 Å². The van der Waals surface area contributed by atoms with Crippen LogP contribution in [0.3, 0.4) is 0 Å². The SMILES string of the molecule is CC/C=C\C/C=C\C/C=C\C/C=C\C/C=C\CCCCCCCCCCCCCC(=O)OC1C(OCC(NC(=O)C(O)CCCCCC\C=C/C=C/C=C/CC)C(O)/C=C/CCCCCCCCCCCC)OC(CO)C(O)C1O. The lowest BCUT2D eigenvalue weighted by atomic mass is 9.99. The van der Waals surface area contributed by atoms with Gasteiger partial charge in [0.1, 0.15) is 24.4 Å². The van der Waals surface area contributed by atoms with Crippen molar-refractivity contribution >= 4 is 11.9 Å². The summed E-state index contributed by atoms with van der Waals surface area (Å²) in [6, 6.07) is -1.04. The van der Waals surface area contributed by atoms with Gasteiger partial charge in [-0.2, -0.15) is 0 Å². The third-order valence-corrected chi connectivity index (χ3v) is 14.5. The van der Waals surface area contributed by atoms with Gasteiger partial charge in [-0.05, 0) is 89.9 Å². The van der Waals surface area contributed by atoms with Gasteiger partial charge < -0.3 is 45.1 Å². The lowest BCUT2D eigenvalue weighted by Crippen LogP contribution is -2.61. The first-order chi connectivity index (χ1) is 39.2. The number of allylic oxidation sites excluding steroid dienone is 17. The highest BCUT2D eigenvalue weighted by atomic mass is 16.7. The summed E-state index contributed by atoms with van der Waals surface area (Å²) in [5.41, 5.74) is 0. The van der Waals surface area contributed by atoms with Crippen molar-refractivity contribution in [3.8, 4) is 0 Å². The Morgan fingerprint density at radius 3 is 1.49 bits per heavy atom. The Labute approximate surface area is 488 Å². The molecule has 0 aliphatic carbocycles. The minimum atomic E-state index is -1.62. The van der Waals surface area contributed by atoms with Gasteiger partial charge in [0.05, 0.1) is 25.4 Å². The van der Waals surface area contributed by atoms with Crippen LogP contribution in [-0.2, 0) is 23.8 Å². The lowest BCUT2D eigenvalue weighted by Gasteiger charge is -2.41. The number of rotatable bonds is 53. The van der Waals surface area contributed by atoms with Gasteiger partial charge in [0.25, 0.3) is 0 Å². The average Bonchev–Trinajstić information content (AvgIpc) is 3.46. The van der Waals surface area contributed by atoms with E-state index in [1.54, 1.807) is 6.08 Å². The number of unbranched alkanes of at least 4 members (excludes halogenated alkanes) is 25. The third kappa shape index (κ3) is 43.1. The second-order valence-electron chi connectivity index (χ2n) is 21.8. The maximum absolute atomic E-state index is 13.4. The lowest BCUT2D eigenvalue weighted by molar-refractivity contribution is -0.305. The van der Waals surface area contributed by atoms with E-state index in [9.17, 15) is 35.1 Å². The van der Waals surface area contributed by atoms with Gasteiger partial charge in [-0.1, -0.05) is 265 Å². The summed E-state index contributed by atoms with van der Waals surface area (Å²) in [7, 11) is 0. The highest BCUT2D eigenvalue weighted by Gasteiger charge is 2.47. The fraction of sp³-hybridized carbons (Fsp3) is 0.710. The topological polar surface area (TPSA) is 175 Å². The van der Waals surface area contributed by atoms with Crippen molar-refractivity contribution in [2.45, 2.75) is 301 Å². The average molecular weight is 1120 g/mol.